The molecule has 12 heteroatoms. The summed E-state index contributed by atoms with van der Waals surface area (Å²) in [5.74, 6) is -0.305. The van der Waals surface area contributed by atoms with Crippen molar-refractivity contribution in [3.8, 4) is 11.5 Å². The fourth-order valence-electron chi connectivity index (χ4n) is 3.73. The van der Waals surface area contributed by atoms with E-state index >= 15 is 0 Å². The van der Waals surface area contributed by atoms with Crippen molar-refractivity contribution in [2.45, 2.75) is 98.3 Å². The van der Waals surface area contributed by atoms with Crippen molar-refractivity contribution in [3.63, 3.8) is 0 Å². The average Bonchev–Trinajstić information content (AvgIpc) is 2.91. The van der Waals surface area contributed by atoms with E-state index in [-0.39, 0.29) is 49.9 Å². The molecule has 0 spiro atoms. The Balaban J connectivity index is 2.96. The van der Waals surface area contributed by atoms with E-state index in [0.29, 0.717) is 24.3 Å². The number of esters is 1. The number of carbonyl (C=O) groups excluding carboxylic acids is 4. The second-order valence-corrected chi connectivity index (χ2v) is 10.3. The summed E-state index contributed by atoms with van der Waals surface area (Å²) in [5, 5.41) is 2.98. The van der Waals surface area contributed by atoms with E-state index in [1.54, 1.807) is 19.9 Å². The molecule has 0 heterocycles. The van der Waals surface area contributed by atoms with E-state index in [9.17, 15) is 19.2 Å². The molecule has 2 unspecified atom stereocenters. The number of rotatable bonds is 18. The molecule has 0 fully saturated rings. The topological polar surface area (TPSA) is 145 Å². The van der Waals surface area contributed by atoms with Crippen LogP contribution in [0.2, 0.25) is 0 Å². The van der Waals surface area contributed by atoms with E-state index in [1.165, 1.54) is 19.2 Å². The molecule has 0 saturated heterocycles. The highest BCUT2D eigenvalue weighted by molar-refractivity contribution is 5.76. The lowest BCUT2D eigenvalue weighted by Gasteiger charge is -2.18. The highest BCUT2D eigenvalue weighted by Gasteiger charge is 2.23. The highest BCUT2D eigenvalue weighted by atomic mass is 16.8. The first kappa shape index (κ1) is 36.5. The largest absolute Gasteiger partial charge is 0.514 e. The molecule has 0 bridgehead atoms. The average molecular weight is 598 g/mol. The summed E-state index contributed by atoms with van der Waals surface area (Å²) >= 11 is 0. The molecule has 0 aliphatic carbocycles. The molecular weight excluding hydrogens is 550 g/mol. The maximum atomic E-state index is 12.5. The molecule has 0 amide bonds. The first-order valence-electron chi connectivity index (χ1n) is 14.5. The SMILES string of the molecule is CCCC(C)OC(=O)Oc1ccc(C[C@H](NCCOC(=O)OCCC(C)C)C(=O)OC)cc1OC(=O)OC(C)CCC. The molecule has 1 aromatic rings. The van der Waals surface area contributed by atoms with Crippen LogP contribution in [0.4, 0.5) is 14.4 Å². The van der Waals surface area contributed by atoms with Gasteiger partial charge in [0, 0.05) is 6.54 Å². The lowest BCUT2D eigenvalue weighted by atomic mass is 10.1. The molecule has 238 valence electrons. The number of benzene rings is 1. The van der Waals surface area contributed by atoms with Gasteiger partial charge in [-0.15, -0.1) is 0 Å². The van der Waals surface area contributed by atoms with Gasteiger partial charge in [0.1, 0.15) is 24.9 Å². The quantitative estimate of drug-likeness (QED) is 0.0921. The van der Waals surface area contributed by atoms with Crippen LogP contribution in [0.25, 0.3) is 0 Å². The Morgan fingerprint density at radius 2 is 1.33 bits per heavy atom. The maximum Gasteiger partial charge on any atom is 0.514 e. The molecule has 0 aliphatic heterocycles. The molecule has 0 aromatic heterocycles. The fraction of sp³-hybridized carbons (Fsp3) is 0.667. The van der Waals surface area contributed by atoms with Crippen LogP contribution in [0, 0.1) is 5.92 Å². The number of hydrogen-bond acceptors (Lipinski definition) is 12. The molecule has 1 rings (SSSR count). The van der Waals surface area contributed by atoms with Crippen molar-refractivity contribution >= 4 is 24.4 Å². The zero-order valence-corrected chi connectivity index (χ0v) is 25.9. The number of hydrogen-bond donors (Lipinski definition) is 1. The van der Waals surface area contributed by atoms with Crippen molar-refractivity contribution in [2.75, 3.05) is 26.9 Å². The summed E-state index contributed by atoms with van der Waals surface area (Å²) in [7, 11) is 1.25. The van der Waals surface area contributed by atoms with Crippen LogP contribution in [0.3, 0.4) is 0 Å². The first-order valence-corrected chi connectivity index (χ1v) is 14.5. The van der Waals surface area contributed by atoms with Gasteiger partial charge in [0.2, 0.25) is 0 Å². The summed E-state index contributed by atoms with van der Waals surface area (Å²) in [4.78, 5) is 49.0. The van der Waals surface area contributed by atoms with Gasteiger partial charge in [-0.1, -0.05) is 46.6 Å². The minimum Gasteiger partial charge on any atom is -0.468 e. The standard InChI is InChI=1S/C30H47NO11/c1-8-10-21(5)39-29(34)41-25-13-12-23(19-26(25)42-30(35)40-22(6)11-9-2)18-24(27(32)36-7)31-15-17-38-28(33)37-16-14-20(3)4/h12-13,19-22,24,31H,8-11,14-18H2,1-7H3/t21?,22?,24-/m0/s1. The molecular formula is C30H47NO11. The normalized spacial score (nSPS) is 13.0. The predicted octanol–water partition coefficient (Wildman–Crippen LogP) is 5.97. The Morgan fingerprint density at radius 3 is 1.88 bits per heavy atom. The van der Waals surface area contributed by atoms with Crippen LogP contribution >= 0.6 is 0 Å². The molecule has 42 heavy (non-hydrogen) atoms. The summed E-state index contributed by atoms with van der Waals surface area (Å²) in [6.45, 7) is 11.8. The zero-order chi connectivity index (χ0) is 31.5. The van der Waals surface area contributed by atoms with Crippen molar-refractivity contribution < 1.29 is 52.3 Å². The smallest absolute Gasteiger partial charge is 0.468 e. The summed E-state index contributed by atoms with van der Waals surface area (Å²) < 4.78 is 36.2. The molecule has 0 radical (unpaired) electrons. The predicted molar refractivity (Wildman–Crippen MR) is 154 cm³/mol. The number of nitrogens with one attached hydrogen (secondary N) is 1. The Morgan fingerprint density at radius 1 is 0.762 bits per heavy atom. The molecule has 0 saturated carbocycles. The van der Waals surface area contributed by atoms with E-state index in [2.05, 4.69) is 5.32 Å². The van der Waals surface area contributed by atoms with E-state index in [1.807, 2.05) is 27.7 Å². The van der Waals surface area contributed by atoms with E-state index in [4.69, 9.17) is 33.2 Å². The van der Waals surface area contributed by atoms with Gasteiger partial charge in [0.05, 0.1) is 13.7 Å². The number of ether oxygens (including phenoxy) is 7. The molecule has 1 aromatic carbocycles. The van der Waals surface area contributed by atoms with Crippen molar-refractivity contribution in [2.24, 2.45) is 5.92 Å². The van der Waals surface area contributed by atoms with Crippen molar-refractivity contribution in [1.29, 1.82) is 0 Å². The third-order valence-electron chi connectivity index (χ3n) is 5.93. The summed E-state index contributed by atoms with van der Waals surface area (Å²) in [6, 6.07) is 3.68. The third-order valence-corrected chi connectivity index (χ3v) is 5.93. The van der Waals surface area contributed by atoms with Crippen molar-refractivity contribution in [1.82, 2.24) is 5.32 Å². The zero-order valence-electron chi connectivity index (χ0n) is 25.9. The minimum absolute atomic E-state index is 0.0322. The maximum absolute atomic E-state index is 12.5. The molecule has 12 nitrogen and oxygen atoms in total. The monoisotopic (exact) mass is 597 g/mol. The van der Waals surface area contributed by atoms with Gasteiger partial charge in [-0.3, -0.25) is 4.79 Å². The number of carbonyl (C=O) groups is 4. The fourth-order valence-corrected chi connectivity index (χ4v) is 3.73. The molecule has 3 atom stereocenters. The highest BCUT2D eigenvalue weighted by Crippen LogP contribution is 2.30. The van der Waals surface area contributed by atoms with E-state index < -0.39 is 30.5 Å². The van der Waals surface area contributed by atoms with Gasteiger partial charge in [0.15, 0.2) is 11.5 Å². The van der Waals surface area contributed by atoms with Crippen LogP contribution in [0.5, 0.6) is 11.5 Å². The third kappa shape index (κ3) is 15.5. The second kappa shape index (κ2) is 20.4. The van der Waals surface area contributed by atoms with Crippen LogP contribution in [-0.4, -0.2) is 69.6 Å². The van der Waals surface area contributed by atoms with Gasteiger partial charge in [-0.25, -0.2) is 14.4 Å². The summed E-state index contributed by atoms with van der Waals surface area (Å²) in [6.07, 6.45) is 0.341. The molecule has 0 aliphatic rings. The Labute approximate surface area is 248 Å². The van der Waals surface area contributed by atoms with Gasteiger partial charge in [-0.05, 0) is 63.1 Å². The summed E-state index contributed by atoms with van der Waals surface area (Å²) in [5.41, 5.74) is 0.552. The van der Waals surface area contributed by atoms with Crippen LogP contribution in [0.1, 0.15) is 79.2 Å². The van der Waals surface area contributed by atoms with Crippen LogP contribution < -0.4 is 14.8 Å². The first-order chi connectivity index (χ1) is 20.0. The Kier molecular flexibility index (Phi) is 17.7. The van der Waals surface area contributed by atoms with E-state index in [0.717, 1.165) is 19.3 Å². The van der Waals surface area contributed by atoms with Gasteiger partial charge in [0.25, 0.3) is 0 Å². The van der Waals surface area contributed by atoms with Gasteiger partial charge >= 0.3 is 24.4 Å². The molecule has 1 N–H and O–H groups in total. The Hall–Kier alpha value is -3.54. The van der Waals surface area contributed by atoms with Crippen LogP contribution in [0.15, 0.2) is 18.2 Å². The lowest BCUT2D eigenvalue weighted by molar-refractivity contribution is -0.143. The number of methoxy groups -OCH3 is 1. The lowest BCUT2D eigenvalue weighted by Crippen LogP contribution is -2.41. The van der Waals surface area contributed by atoms with Crippen molar-refractivity contribution in [3.05, 3.63) is 23.8 Å². The van der Waals surface area contributed by atoms with Gasteiger partial charge < -0.3 is 38.5 Å². The Bertz CT molecular complexity index is 982. The van der Waals surface area contributed by atoms with Gasteiger partial charge in [-0.2, -0.15) is 0 Å². The van der Waals surface area contributed by atoms with Crippen LogP contribution in [-0.2, 0) is 34.9 Å². The minimum atomic E-state index is -0.967. The second-order valence-electron chi connectivity index (χ2n) is 10.3.